The van der Waals surface area contributed by atoms with Gasteiger partial charge in [-0.25, -0.2) is 0 Å². The van der Waals surface area contributed by atoms with Gasteiger partial charge in [-0.05, 0) is 73.1 Å². The van der Waals surface area contributed by atoms with Crippen molar-refractivity contribution >= 4 is 34.9 Å². The Morgan fingerprint density at radius 2 is 1.74 bits per heavy atom. The lowest BCUT2D eigenvalue weighted by atomic mass is 10.2. The van der Waals surface area contributed by atoms with E-state index in [4.69, 9.17) is 9.47 Å². The molecule has 5 rings (SSSR count). The van der Waals surface area contributed by atoms with Gasteiger partial charge in [-0.1, -0.05) is 30.3 Å². The highest BCUT2D eigenvalue weighted by molar-refractivity contribution is 8.18. The number of rotatable bonds is 7. The molecule has 3 amide bonds. The second-order valence-electron chi connectivity index (χ2n) is 9.19. The number of imide groups is 1. The summed E-state index contributed by atoms with van der Waals surface area (Å²) >= 11 is 0.868. The van der Waals surface area contributed by atoms with E-state index in [2.05, 4.69) is 4.57 Å². The van der Waals surface area contributed by atoms with Crippen LogP contribution in [-0.2, 0) is 20.9 Å². The Morgan fingerprint density at radius 1 is 1.03 bits per heavy atom. The smallest absolute Gasteiger partial charge is 0.294 e. The lowest BCUT2D eigenvalue weighted by molar-refractivity contribution is -0.139. The molecule has 3 heterocycles. The summed E-state index contributed by atoms with van der Waals surface area (Å²) in [6.45, 7) is 6.09. The normalized spacial score (nSPS) is 16.9. The van der Waals surface area contributed by atoms with E-state index in [0.29, 0.717) is 37.8 Å². The van der Waals surface area contributed by atoms with E-state index >= 15 is 0 Å². The maximum atomic E-state index is 13.0. The number of nitrogens with zero attached hydrogens (tertiary/aromatic N) is 3. The van der Waals surface area contributed by atoms with Crippen LogP contribution in [0.4, 0.5) is 4.79 Å². The summed E-state index contributed by atoms with van der Waals surface area (Å²) in [4.78, 5) is 41.1. The van der Waals surface area contributed by atoms with Crippen LogP contribution in [0, 0.1) is 13.8 Å². The second kappa shape index (κ2) is 11.3. The SMILES string of the molecule is Cc1cc(/C=C2/SC(=O)N(CC(=O)N3CCOCC3)C2=O)c(C)n1-c1ccc(OCc2ccccc2)cc1. The number of aromatic nitrogens is 1. The van der Waals surface area contributed by atoms with Gasteiger partial charge in [-0.2, -0.15) is 0 Å². The molecule has 0 spiro atoms. The number of hydrogen-bond donors (Lipinski definition) is 0. The first-order chi connectivity index (χ1) is 18.4. The molecule has 2 aliphatic heterocycles. The molecule has 38 heavy (non-hydrogen) atoms. The van der Waals surface area contributed by atoms with Gasteiger partial charge < -0.3 is 18.9 Å². The highest BCUT2D eigenvalue weighted by Gasteiger charge is 2.37. The zero-order valence-electron chi connectivity index (χ0n) is 21.4. The van der Waals surface area contributed by atoms with E-state index in [9.17, 15) is 14.4 Å². The molecule has 2 fully saturated rings. The standard InChI is InChI=1S/C29H29N3O5S/c1-20-16-23(17-26-28(34)31(29(35)38-26)18-27(33)30-12-14-36-15-13-30)21(2)32(20)24-8-10-25(11-9-24)37-19-22-6-4-3-5-7-22/h3-11,16-17H,12-15,18-19H2,1-2H3/b26-17+. The fourth-order valence-electron chi connectivity index (χ4n) is 4.59. The highest BCUT2D eigenvalue weighted by atomic mass is 32.2. The van der Waals surface area contributed by atoms with Gasteiger partial charge >= 0.3 is 0 Å². The molecule has 0 N–H and O–H groups in total. The van der Waals surface area contributed by atoms with Gasteiger partial charge in [0.2, 0.25) is 5.91 Å². The number of carbonyl (C=O) groups is 3. The van der Waals surface area contributed by atoms with E-state index in [1.165, 1.54) is 0 Å². The van der Waals surface area contributed by atoms with Crippen LogP contribution in [0.25, 0.3) is 11.8 Å². The average molecular weight is 532 g/mol. The summed E-state index contributed by atoms with van der Waals surface area (Å²) < 4.78 is 13.3. The number of morpholine rings is 1. The Hall–Kier alpha value is -3.82. The number of carbonyl (C=O) groups excluding carboxylic acids is 3. The van der Waals surface area contributed by atoms with Crippen molar-refractivity contribution in [3.63, 3.8) is 0 Å². The summed E-state index contributed by atoms with van der Waals surface area (Å²) in [7, 11) is 0. The van der Waals surface area contributed by atoms with E-state index < -0.39 is 11.1 Å². The van der Waals surface area contributed by atoms with Gasteiger partial charge in [0, 0.05) is 30.2 Å². The van der Waals surface area contributed by atoms with Crippen LogP contribution in [0.5, 0.6) is 5.75 Å². The highest BCUT2D eigenvalue weighted by Crippen LogP contribution is 2.34. The topological polar surface area (TPSA) is 81.1 Å². The molecule has 9 heteroatoms. The Labute approximate surface area is 225 Å². The Bertz CT molecular complexity index is 1380. The van der Waals surface area contributed by atoms with Crippen molar-refractivity contribution in [1.82, 2.24) is 14.4 Å². The zero-order chi connectivity index (χ0) is 26.6. The Morgan fingerprint density at radius 3 is 2.45 bits per heavy atom. The number of amides is 3. The first-order valence-corrected chi connectivity index (χ1v) is 13.3. The Balaban J connectivity index is 1.29. The van der Waals surface area contributed by atoms with Gasteiger partial charge in [0.1, 0.15) is 18.9 Å². The molecule has 2 aromatic carbocycles. The molecule has 0 saturated carbocycles. The minimum absolute atomic E-state index is 0.244. The molecule has 0 aliphatic carbocycles. The van der Waals surface area contributed by atoms with Gasteiger partial charge in [-0.15, -0.1) is 0 Å². The van der Waals surface area contributed by atoms with Crippen molar-refractivity contribution in [2.75, 3.05) is 32.8 Å². The van der Waals surface area contributed by atoms with Gasteiger partial charge in [0.15, 0.2) is 0 Å². The quantitative estimate of drug-likeness (QED) is 0.416. The van der Waals surface area contributed by atoms with E-state index in [1.807, 2.05) is 74.5 Å². The number of hydrogen-bond acceptors (Lipinski definition) is 6. The summed E-state index contributed by atoms with van der Waals surface area (Å²) in [5, 5.41) is -0.428. The molecule has 0 atom stereocenters. The van der Waals surface area contributed by atoms with Crippen molar-refractivity contribution in [1.29, 1.82) is 0 Å². The van der Waals surface area contributed by atoms with Crippen LogP contribution < -0.4 is 4.74 Å². The molecule has 8 nitrogen and oxygen atoms in total. The first kappa shape index (κ1) is 25.8. The monoisotopic (exact) mass is 531 g/mol. The van der Waals surface area contributed by atoms with Gasteiger partial charge in [0.25, 0.3) is 11.1 Å². The van der Waals surface area contributed by atoms with E-state index in [-0.39, 0.29) is 12.5 Å². The lowest BCUT2D eigenvalue weighted by Crippen LogP contribution is -2.46. The molecule has 0 unspecified atom stereocenters. The van der Waals surface area contributed by atoms with Crippen LogP contribution in [0.15, 0.2) is 65.6 Å². The largest absolute Gasteiger partial charge is 0.489 e. The van der Waals surface area contributed by atoms with E-state index in [1.54, 1.807) is 11.0 Å². The molecule has 196 valence electrons. The van der Waals surface area contributed by atoms with Crippen LogP contribution in [0.1, 0.15) is 22.5 Å². The molecular formula is C29H29N3O5S. The van der Waals surface area contributed by atoms with Gasteiger partial charge in [0.05, 0.1) is 18.1 Å². The molecule has 2 aliphatic rings. The summed E-state index contributed by atoms with van der Waals surface area (Å²) in [6.07, 6.45) is 1.74. The van der Waals surface area contributed by atoms with Crippen LogP contribution in [0.3, 0.4) is 0 Å². The molecule has 2 saturated heterocycles. The van der Waals surface area contributed by atoms with Crippen molar-refractivity contribution in [3.8, 4) is 11.4 Å². The van der Waals surface area contributed by atoms with Crippen LogP contribution >= 0.6 is 11.8 Å². The molecule has 0 bridgehead atoms. The summed E-state index contributed by atoms with van der Waals surface area (Å²) in [5.74, 6) is 0.0955. The zero-order valence-corrected chi connectivity index (χ0v) is 22.2. The number of aryl methyl sites for hydroxylation is 1. The minimum atomic E-state index is -0.439. The van der Waals surface area contributed by atoms with Crippen molar-refractivity contribution in [2.24, 2.45) is 0 Å². The average Bonchev–Trinajstić information content (AvgIpc) is 3.37. The second-order valence-corrected chi connectivity index (χ2v) is 10.2. The van der Waals surface area contributed by atoms with Crippen molar-refractivity contribution in [2.45, 2.75) is 20.5 Å². The maximum Gasteiger partial charge on any atom is 0.294 e. The Kier molecular flexibility index (Phi) is 7.67. The molecular weight excluding hydrogens is 502 g/mol. The third kappa shape index (κ3) is 5.54. The van der Waals surface area contributed by atoms with Crippen molar-refractivity contribution in [3.05, 3.63) is 88.1 Å². The third-order valence-corrected chi connectivity index (χ3v) is 7.54. The number of ether oxygens (including phenoxy) is 2. The molecule has 0 radical (unpaired) electrons. The first-order valence-electron chi connectivity index (χ1n) is 12.5. The van der Waals surface area contributed by atoms with Crippen LogP contribution in [0.2, 0.25) is 0 Å². The minimum Gasteiger partial charge on any atom is -0.489 e. The molecule has 3 aromatic rings. The maximum absolute atomic E-state index is 13.0. The molecule has 1 aromatic heterocycles. The van der Waals surface area contributed by atoms with E-state index in [0.717, 1.165) is 50.6 Å². The predicted octanol–water partition coefficient (Wildman–Crippen LogP) is 4.57. The lowest BCUT2D eigenvalue weighted by Gasteiger charge is -2.28. The summed E-state index contributed by atoms with van der Waals surface area (Å²) in [5.41, 5.74) is 4.85. The third-order valence-electron chi connectivity index (χ3n) is 6.63. The van der Waals surface area contributed by atoms with Gasteiger partial charge in [-0.3, -0.25) is 19.3 Å². The fourth-order valence-corrected chi connectivity index (χ4v) is 5.42. The van der Waals surface area contributed by atoms with Crippen LogP contribution in [-0.4, -0.2) is 64.3 Å². The fraction of sp³-hybridized carbons (Fsp3) is 0.276. The number of thioether (sulfide) groups is 1. The number of benzene rings is 2. The van der Waals surface area contributed by atoms with Crippen molar-refractivity contribution < 1.29 is 23.9 Å². The summed E-state index contributed by atoms with van der Waals surface area (Å²) in [6, 6.07) is 19.9. The predicted molar refractivity (Wildman–Crippen MR) is 146 cm³/mol.